The lowest BCUT2D eigenvalue weighted by Gasteiger charge is -2.06. The molecular weight excluding hydrogens is 336 g/mol. The minimum Gasteiger partial charge on any atom is -0.508 e. The van der Waals surface area contributed by atoms with Crippen molar-refractivity contribution in [3.63, 3.8) is 0 Å². The van der Waals surface area contributed by atoms with E-state index in [0.717, 1.165) is 21.8 Å². The monoisotopic (exact) mass is 354 g/mol. The summed E-state index contributed by atoms with van der Waals surface area (Å²) in [5.41, 5.74) is 2.78. The van der Waals surface area contributed by atoms with E-state index in [1.54, 1.807) is 23.5 Å². The van der Waals surface area contributed by atoms with E-state index in [-0.39, 0.29) is 12.4 Å². The van der Waals surface area contributed by atoms with Crippen molar-refractivity contribution in [1.29, 1.82) is 0 Å². The topological polar surface area (TPSA) is 71.5 Å². The van der Waals surface area contributed by atoms with Gasteiger partial charge in [-0.1, -0.05) is 30.3 Å². The number of carbonyl (C=O) groups is 1. The Kier molecular flexibility index (Phi) is 5.64. The zero-order valence-electron chi connectivity index (χ0n) is 13.5. The number of hydrogen-bond acceptors (Lipinski definition) is 5. The smallest absolute Gasteiger partial charge is 0.407 e. The Morgan fingerprint density at radius 2 is 1.88 bits per heavy atom. The van der Waals surface area contributed by atoms with Crippen LogP contribution in [-0.4, -0.2) is 22.7 Å². The van der Waals surface area contributed by atoms with Gasteiger partial charge in [0.25, 0.3) is 0 Å². The third kappa shape index (κ3) is 5.06. The number of nitrogens with zero attached hydrogens (tertiary/aromatic N) is 1. The third-order valence-corrected chi connectivity index (χ3v) is 4.44. The second-order valence-corrected chi connectivity index (χ2v) is 6.35. The molecule has 1 aromatic heterocycles. The number of phenols is 1. The van der Waals surface area contributed by atoms with Crippen molar-refractivity contribution in [1.82, 2.24) is 10.3 Å². The van der Waals surface area contributed by atoms with Crippen molar-refractivity contribution < 1.29 is 14.6 Å². The Labute approximate surface area is 149 Å². The molecular formula is C19H18N2O3S. The molecule has 128 valence electrons. The molecule has 0 aliphatic carbocycles. The van der Waals surface area contributed by atoms with Crippen molar-refractivity contribution in [2.75, 3.05) is 6.54 Å². The first kappa shape index (κ1) is 17.0. The number of alkyl carbamates (subject to hydrolysis) is 1. The molecule has 0 saturated carbocycles. The van der Waals surface area contributed by atoms with E-state index < -0.39 is 6.09 Å². The normalized spacial score (nSPS) is 10.4. The van der Waals surface area contributed by atoms with Gasteiger partial charge in [0.05, 0.1) is 10.7 Å². The molecule has 0 fully saturated rings. The van der Waals surface area contributed by atoms with Crippen LogP contribution in [0.15, 0.2) is 60.0 Å². The van der Waals surface area contributed by atoms with Crippen molar-refractivity contribution in [3.8, 4) is 17.0 Å². The van der Waals surface area contributed by atoms with Crippen molar-refractivity contribution in [3.05, 3.63) is 70.5 Å². The number of carbonyl (C=O) groups excluding carboxylic acids is 1. The van der Waals surface area contributed by atoms with Gasteiger partial charge in [0.2, 0.25) is 0 Å². The summed E-state index contributed by atoms with van der Waals surface area (Å²) >= 11 is 1.54. The fraction of sp³-hybridized carbons (Fsp3) is 0.158. The fourth-order valence-electron chi connectivity index (χ4n) is 2.24. The lowest BCUT2D eigenvalue weighted by Crippen LogP contribution is -2.26. The van der Waals surface area contributed by atoms with Crippen LogP contribution in [0.3, 0.4) is 0 Å². The molecule has 25 heavy (non-hydrogen) atoms. The van der Waals surface area contributed by atoms with Crippen molar-refractivity contribution in [2.24, 2.45) is 0 Å². The molecule has 0 unspecified atom stereocenters. The van der Waals surface area contributed by atoms with Gasteiger partial charge in [0.15, 0.2) is 0 Å². The number of thiazole rings is 1. The first-order chi connectivity index (χ1) is 12.2. The molecule has 0 aliphatic rings. The number of ether oxygens (including phenoxy) is 1. The Morgan fingerprint density at radius 3 is 2.64 bits per heavy atom. The highest BCUT2D eigenvalue weighted by molar-refractivity contribution is 7.09. The Hall–Kier alpha value is -2.86. The summed E-state index contributed by atoms with van der Waals surface area (Å²) in [5, 5.41) is 15.0. The van der Waals surface area contributed by atoms with Crippen LogP contribution in [0.5, 0.6) is 5.75 Å². The van der Waals surface area contributed by atoms with Gasteiger partial charge in [-0.2, -0.15) is 0 Å². The summed E-state index contributed by atoms with van der Waals surface area (Å²) in [7, 11) is 0. The largest absolute Gasteiger partial charge is 0.508 e. The number of benzene rings is 2. The Morgan fingerprint density at radius 1 is 1.12 bits per heavy atom. The summed E-state index contributed by atoms with van der Waals surface area (Å²) in [6.45, 7) is 0.727. The average Bonchev–Trinajstić information content (AvgIpc) is 3.10. The van der Waals surface area contributed by atoms with E-state index >= 15 is 0 Å². The molecule has 1 heterocycles. The van der Waals surface area contributed by atoms with Gasteiger partial charge >= 0.3 is 6.09 Å². The number of nitrogens with one attached hydrogen (secondary N) is 1. The van der Waals surface area contributed by atoms with E-state index in [0.29, 0.717) is 13.0 Å². The van der Waals surface area contributed by atoms with Crippen LogP contribution < -0.4 is 5.32 Å². The van der Waals surface area contributed by atoms with Gasteiger partial charge < -0.3 is 15.2 Å². The molecule has 0 aliphatic heterocycles. The van der Waals surface area contributed by atoms with E-state index in [4.69, 9.17) is 4.74 Å². The summed E-state index contributed by atoms with van der Waals surface area (Å²) in [6.07, 6.45) is 0.211. The highest BCUT2D eigenvalue weighted by Crippen LogP contribution is 2.23. The fourth-order valence-corrected chi connectivity index (χ4v) is 3.04. The molecule has 0 atom stereocenters. The lowest BCUT2D eigenvalue weighted by molar-refractivity contribution is 0.140. The third-order valence-electron chi connectivity index (χ3n) is 3.54. The second-order valence-electron chi connectivity index (χ2n) is 5.41. The molecule has 0 spiro atoms. The molecule has 0 saturated heterocycles. The number of rotatable bonds is 6. The minimum atomic E-state index is -0.431. The summed E-state index contributed by atoms with van der Waals surface area (Å²) < 4.78 is 5.16. The van der Waals surface area contributed by atoms with Gasteiger partial charge in [-0.15, -0.1) is 11.3 Å². The van der Waals surface area contributed by atoms with Crippen LogP contribution in [0.25, 0.3) is 11.3 Å². The quantitative estimate of drug-likeness (QED) is 0.702. The van der Waals surface area contributed by atoms with Crippen LogP contribution in [0.2, 0.25) is 0 Å². The summed E-state index contributed by atoms with van der Waals surface area (Å²) in [6, 6.07) is 16.5. The molecule has 0 bridgehead atoms. The van der Waals surface area contributed by atoms with Crippen molar-refractivity contribution >= 4 is 17.4 Å². The van der Waals surface area contributed by atoms with Gasteiger partial charge in [0, 0.05) is 23.9 Å². The highest BCUT2D eigenvalue weighted by Gasteiger charge is 2.06. The van der Waals surface area contributed by atoms with Gasteiger partial charge in [-0.05, 0) is 29.8 Å². The predicted octanol–water partition coefficient (Wildman–Crippen LogP) is 3.98. The molecule has 0 radical (unpaired) electrons. The van der Waals surface area contributed by atoms with Crippen LogP contribution >= 0.6 is 11.3 Å². The van der Waals surface area contributed by atoms with Crippen molar-refractivity contribution in [2.45, 2.75) is 13.0 Å². The zero-order valence-corrected chi connectivity index (χ0v) is 14.3. The molecule has 2 N–H and O–H groups in total. The molecule has 5 nitrogen and oxygen atoms in total. The molecule has 3 aromatic rings. The van der Waals surface area contributed by atoms with E-state index in [2.05, 4.69) is 10.3 Å². The minimum absolute atomic E-state index is 0.234. The zero-order chi connectivity index (χ0) is 17.5. The van der Waals surface area contributed by atoms with Crippen LogP contribution in [0, 0.1) is 0 Å². The molecule has 6 heteroatoms. The second kappa shape index (κ2) is 8.30. The standard InChI is InChI=1S/C19H18N2O3S/c22-16-8-6-15(7-9-16)17-13-25-18(21-17)10-11-20-19(23)24-12-14-4-2-1-3-5-14/h1-9,13,22H,10-12H2,(H,20,23). The van der Waals surface area contributed by atoms with E-state index in [9.17, 15) is 9.90 Å². The summed E-state index contributed by atoms with van der Waals surface area (Å²) in [4.78, 5) is 16.2. The van der Waals surface area contributed by atoms with E-state index in [1.165, 1.54) is 0 Å². The van der Waals surface area contributed by atoms with Crippen LogP contribution in [0.1, 0.15) is 10.6 Å². The maximum absolute atomic E-state index is 11.7. The molecule has 2 aromatic carbocycles. The van der Waals surface area contributed by atoms with E-state index in [1.807, 2.05) is 47.8 Å². The first-order valence-electron chi connectivity index (χ1n) is 7.89. The Balaban J connectivity index is 1.43. The van der Waals surface area contributed by atoms with Gasteiger partial charge in [0.1, 0.15) is 12.4 Å². The molecule has 1 amide bonds. The lowest BCUT2D eigenvalue weighted by atomic mass is 10.2. The number of aromatic hydroxyl groups is 1. The van der Waals surface area contributed by atoms with Crippen LogP contribution in [0.4, 0.5) is 4.79 Å². The first-order valence-corrected chi connectivity index (χ1v) is 8.77. The molecule has 3 rings (SSSR count). The van der Waals surface area contributed by atoms with Gasteiger partial charge in [-0.3, -0.25) is 0 Å². The van der Waals surface area contributed by atoms with Crippen LogP contribution in [-0.2, 0) is 17.8 Å². The maximum Gasteiger partial charge on any atom is 0.407 e. The summed E-state index contributed by atoms with van der Waals surface area (Å²) in [5.74, 6) is 0.234. The average molecular weight is 354 g/mol. The Bertz CT molecular complexity index is 816. The highest BCUT2D eigenvalue weighted by atomic mass is 32.1. The maximum atomic E-state index is 11.7. The predicted molar refractivity (Wildman–Crippen MR) is 97.5 cm³/mol. The number of amides is 1. The van der Waals surface area contributed by atoms with Gasteiger partial charge in [-0.25, -0.2) is 9.78 Å². The number of aromatic nitrogens is 1. The number of phenolic OH excluding ortho intramolecular Hbond substituents is 1. The number of hydrogen-bond donors (Lipinski definition) is 2. The SMILES string of the molecule is O=C(NCCc1nc(-c2ccc(O)cc2)cs1)OCc1ccccc1.